The number of rotatable bonds is 8. The Morgan fingerprint density at radius 3 is 2.58 bits per heavy atom. The van der Waals surface area contributed by atoms with Crippen molar-refractivity contribution in [3.05, 3.63) is 47.5 Å². The summed E-state index contributed by atoms with van der Waals surface area (Å²) >= 11 is 0. The number of carbonyl (C=O) groups is 1. The van der Waals surface area contributed by atoms with Gasteiger partial charge in [0.1, 0.15) is 0 Å². The Bertz CT molecular complexity index is 396. The van der Waals surface area contributed by atoms with E-state index in [9.17, 15) is 4.79 Å². The van der Waals surface area contributed by atoms with Gasteiger partial charge in [0.25, 0.3) is 0 Å². The second-order valence-electron chi connectivity index (χ2n) is 4.19. The van der Waals surface area contributed by atoms with Crippen molar-refractivity contribution in [3.63, 3.8) is 0 Å². The van der Waals surface area contributed by atoms with Gasteiger partial charge in [-0.15, -0.1) is 0 Å². The van der Waals surface area contributed by atoms with Gasteiger partial charge in [0.2, 0.25) is 0 Å². The van der Waals surface area contributed by atoms with E-state index in [-0.39, 0.29) is 5.97 Å². The Morgan fingerprint density at radius 2 is 1.95 bits per heavy atom. The highest BCUT2D eigenvalue weighted by Gasteiger charge is 2.10. The van der Waals surface area contributed by atoms with Crippen molar-refractivity contribution >= 4 is 5.97 Å². The molecule has 19 heavy (non-hydrogen) atoms. The molecule has 0 amide bonds. The number of allylic oxidation sites excluding steroid dienone is 1. The van der Waals surface area contributed by atoms with Crippen LogP contribution in [0.1, 0.15) is 25.8 Å². The largest absolute Gasteiger partial charge is 0.462 e. The lowest BCUT2D eigenvalue weighted by molar-refractivity contribution is -0.139. The molecule has 1 rings (SSSR count). The van der Waals surface area contributed by atoms with Crippen LogP contribution < -0.4 is 0 Å². The number of carbonyl (C=O) groups excluding carboxylic acids is 1. The van der Waals surface area contributed by atoms with Crippen LogP contribution in [0.25, 0.3) is 0 Å². The topological polar surface area (TPSA) is 35.5 Å². The summed E-state index contributed by atoms with van der Waals surface area (Å²) in [7, 11) is 0. The van der Waals surface area contributed by atoms with Crippen molar-refractivity contribution < 1.29 is 14.3 Å². The van der Waals surface area contributed by atoms with Crippen molar-refractivity contribution in [2.24, 2.45) is 0 Å². The second-order valence-corrected chi connectivity index (χ2v) is 4.19. The molecule has 0 saturated carbocycles. The lowest BCUT2D eigenvalue weighted by Crippen LogP contribution is -2.13. The molecule has 1 aromatic carbocycles. The van der Waals surface area contributed by atoms with Crippen molar-refractivity contribution in [1.82, 2.24) is 0 Å². The van der Waals surface area contributed by atoms with E-state index >= 15 is 0 Å². The molecule has 0 aliphatic rings. The van der Waals surface area contributed by atoms with Gasteiger partial charge in [0.05, 0.1) is 18.8 Å². The number of hydrogen-bond donors (Lipinski definition) is 0. The summed E-state index contributed by atoms with van der Waals surface area (Å²) in [6, 6.07) is 10.0. The molecule has 0 aliphatic heterocycles. The molecule has 0 spiro atoms. The van der Waals surface area contributed by atoms with Crippen LogP contribution in [0.4, 0.5) is 0 Å². The smallest absolute Gasteiger partial charge is 0.336 e. The molecule has 0 aliphatic carbocycles. The first-order valence-corrected chi connectivity index (χ1v) is 6.75. The molecule has 3 nitrogen and oxygen atoms in total. The van der Waals surface area contributed by atoms with Crippen LogP contribution >= 0.6 is 0 Å². The Balaban J connectivity index is 2.64. The number of benzene rings is 1. The van der Waals surface area contributed by atoms with Crippen molar-refractivity contribution in [3.8, 4) is 0 Å². The zero-order valence-corrected chi connectivity index (χ0v) is 11.7. The molecule has 1 aromatic rings. The standard InChI is InChI=1S/C16H22O3/c1-3-12-19-16(17)15(13-18-4-2)11-10-14-8-6-5-7-9-14/h5-9,11H,3-4,10,12-13H2,1-2H3. The summed E-state index contributed by atoms with van der Waals surface area (Å²) in [5.74, 6) is -0.272. The van der Waals surface area contributed by atoms with E-state index in [1.807, 2.05) is 50.3 Å². The third kappa shape index (κ3) is 6.20. The van der Waals surface area contributed by atoms with E-state index in [4.69, 9.17) is 9.47 Å². The van der Waals surface area contributed by atoms with Crippen molar-refractivity contribution in [1.29, 1.82) is 0 Å². The Morgan fingerprint density at radius 1 is 1.21 bits per heavy atom. The Labute approximate surface area is 115 Å². The van der Waals surface area contributed by atoms with Crippen LogP contribution in [-0.4, -0.2) is 25.8 Å². The van der Waals surface area contributed by atoms with E-state index in [1.165, 1.54) is 5.56 Å². The summed E-state index contributed by atoms with van der Waals surface area (Å²) in [5.41, 5.74) is 1.76. The molecule has 104 valence electrons. The first-order chi connectivity index (χ1) is 9.27. The SMILES string of the molecule is CCCOC(=O)C(=CCc1ccccc1)COCC. The highest BCUT2D eigenvalue weighted by molar-refractivity contribution is 5.88. The molecule has 0 saturated heterocycles. The first-order valence-electron chi connectivity index (χ1n) is 6.75. The Hall–Kier alpha value is -1.61. The van der Waals surface area contributed by atoms with Gasteiger partial charge in [-0.1, -0.05) is 43.3 Å². The molecule has 0 N–H and O–H groups in total. The third-order valence-corrected chi connectivity index (χ3v) is 2.59. The monoisotopic (exact) mass is 262 g/mol. The minimum absolute atomic E-state index is 0.272. The third-order valence-electron chi connectivity index (χ3n) is 2.59. The average Bonchev–Trinajstić information content (AvgIpc) is 2.46. The van der Waals surface area contributed by atoms with Crippen LogP contribution in [0.5, 0.6) is 0 Å². The quantitative estimate of drug-likeness (QED) is 0.533. The van der Waals surface area contributed by atoms with Gasteiger partial charge in [-0.2, -0.15) is 0 Å². The maximum atomic E-state index is 11.9. The zero-order chi connectivity index (χ0) is 13.9. The fraction of sp³-hybridized carbons (Fsp3) is 0.438. The molecule has 0 heterocycles. The minimum Gasteiger partial charge on any atom is -0.462 e. The lowest BCUT2D eigenvalue weighted by atomic mass is 10.1. The maximum absolute atomic E-state index is 11.9. The second kappa shape index (κ2) is 9.34. The van der Waals surface area contributed by atoms with Gasteiger partial charge in [-0.25, -0.2) is 4.79 Å². The van der Waals surface area contributed by atoms with Gasteiger partial charge in [0.15, 0.2) is 0 Å². The van der Waals surface area contributed by atoms with E-state index in [0.29, 0.717) is 31.8 Å². The molecule has 3 heteroatoms. The predicted molar refractivity (Wildman–Crippen MR) is 76.0 cm³/mol. The number of hydrogen-bond acceptors (Lipinski definition) is 3. The van der Waals surface area contributed by atoms with Crippen LogP contribution in [-0.2, 0) is 20.7 Å². The van der Waals surface area contributed by atoms with Gasteiger partial charge in [0, 0.05) is 6.61 Å². The summed E-state index contributed by atoms with van der Waals surface area (Å²) in [4.78, 5) is 11.9. The van der Waals surface area contributed by atoms with E-state index in [0.717, 1.165) is 6.42 Å². The molecular weight excluding hydrogens is 240 g/mol. The summed E-state index contributed by atoms with van der Waals surface area (Å²) in [5, 5.41) is 0. The van der Waals surface area contributed by atoms with Crippen molar-refractivity contribution in [2.75, 3.05) is 19.8 Å². The van der Waals surface area contributed by atoms with E-state index in [2.05, 4.69) is 0 Å². The Kier molecular flexibility index (Phi) is 7.59. The first kappa shape index (κ1) is 15.4. The van der Waals surface area contributed by atoms with Crippen LogP contribution in [0.2, 0.25) is 0 Å². The van der Waals surface area contributed by atoms with Crippen LogP contribution in [0.3, 0.4) is 0 Å². The molecule has 0 bridgehead atoms. The van der Waals surface area contributed by atoms with Crippen molar-refractivity contribution in [2.45, 2.75) is 26.7 Å². The van der Waals surface area contributed by atoms with Crippen LogP contribution in [0.15, 0.2) is 42.0 Å². The summed E-state index contributed by atoms with van der Waals surface area (Å²) < 4.78 is 10.5. The average molecular weight is 262 g/mol. The van der Waals surface area contributed by atoms with E-state index < -0.39 is 0 Å². The van der Waals surface area contributed by atoms with Gasteiger partial charge < -0.3 is 9.47 Å². The van der Waals surface area contributed by atoms with Gasteiger partial charge in [-0.3, -0.25) is 0 Å². The summed E-state index contributed by atoms with van der Waals surface area (Å²) in [6.07, 6.45) is 3.43. The molecule has 0 fully saturated rings. The molecule has 0 atom stereocenters. The summed E-state index contributed by atoms with van der Waals surface area (Å²) in [6.45, 7) is 5.23. The van der Waals surface area contributed by atoms with Gasteiger partial charge in [-0.05, 0) is 25.3 Å². The van der Waals surface area contributed by atoms with E-state index in [1.54, 1.807) is 0 Å². The molecule has 0 aromatic heterocycles. The highest BCUT2D eigenvalue weighted by atomic mass is 16.5. The fourth-order valence-electron chi connectivity index (χ4n) is 1.56. The fourth-order valence-corrected chi connectivity index (χ4v) is 1.56. The maximum Gasteiger partial charge on any atom is 0.336 e. The zero-order valence-electron chi connectivity index (χ0n) is 11.7. The van der Waals surface area contributed by atoms with Crippen LogP contribution in [0, 0.1) is 0 Å². The highest BCUT2D eigenvalue weighted by Crippen LogP contribution is 2.06. The normalized spacial score (nSPS) is 11.4. The molecule has 0 radical (unpaired) electrons. The van der Waals surface area contributed by atoms with Gasteiger partial charge >= 0.3 is 5.97 Å². The molecular formula is C16H22O3. The number of ether oxygens (including phenoxy) is 2. The number of esters is 1. The molecule has 0 unspecified atom stereocenters. The minimum atomic E-state index is -0.272. The lowest BCUT2D eigenvalue weighted by Gasteiger charge is -2.08. The predicted octanol–water partition coefficient (Wildman–Crippen LogP) is 3.15.